The van der Waals surface area contributed by atoms with Crippen molar-refractivity contribution >= 4 is 27.4 Å². The quantitative estimate of drug-likeness (QED) is 0.725. The molecule has 1 aliphatic rings. The highest BCUT2D eigenvalue weighted by atomic mass is 32.1. The second-order valence-electron chi connectivity index (χ2n) is 5.05. The summed E-state index contributed by atoms with van der Waals surface area (Å²) >= 11 is 1.63. The van der Waals surface area contributed by atoms with Crippen LogP contribution in [0.1, 0.15) is 18.0 Å². The zero-order valence-electron chi connectivity index (χ0n) is 11.2. The van der Waals surface area contributed by atoms with Gasteiger partial charge in [0.15, 0.2) is 0 Å². The Bertz CT molecular complexity index is 829. The first kappa shape index (κ1) is 12.3. The van der Waals surface area contributed by atoms with Gasteiger partial charge in [-0.05, 0) is 17.9 Å². The summed E-state index contributed by atoms with van der Waals surface area (Å²) in [6.07, 6.45) is 6.06. The molecule has 1 saturated heterocycles. The summed E-state index contributed by atoms with van der Waals surface area (Å²) in [5.74, 6) is 0.997. The Morgan fingerprint density at radius 1 is 1.38 bits per heavy atom. The van der Waals surface area contributed by atoms with Crippen molar-refractivity contribution in [2.24, 2.45) is 0 Å². The maximum Gasteiger partial charge on any atom is 0.140 e. The van der Waals surface area contributed by atoms with Crippen LogP contribution in [0, 0.1) is 11.3 Å². The van der Waals surface area contributed by atoms with Gasteiger partial charge < -0.3 is 4.90 Å². The Kier molecular flexibility index (Phi) is 2.82. The molecule has 0 spiro atoms. The molecule has 1 unspecified atom stereocenters. The third kappa shape index (κ3) is 2.04. The molecule has 1 fully saturated rings. The average molecular weight is 296 g/mol. The molecular weight excluding hydrogens is 284 g/mol. The van der Waals surface area contributed by atoms with E-state index >= 15 is 0 Å². The van der Waals surface area contributed by atoms with E-state index in [0.29, 0.717) is 5.56 Å². The van der Waals surface area contributed by atoms with Crippen LogP contribution < -0.4 is 4.90 Å². The maximum atomic E-state index is 8.89. The summed E-state index contributed by atoms with van der Waals surface area (Å²) in [6.45, 7) is 1.79. The minimum absolute atomic E-state index is 0.288. The van der Waals surface area contributed by atoms with E-state index in [1.807, 2.05) is 16.3 Å². The molecule has 1 aliphatic heterocycles. The molecule has 4 heterocycles. The van der Waals surface area contributed by atoms with E-state index in [2.05, 4.69) is 32.1 Å². The van der Waals surface area contributed by atoms with E-state index in [1.165, 1.54) is 0 Å². The fourth-order valence-corrected chi connectivity index (χ4v) is 3.50. The predicted molar refractivity (Wildman–Crippen MR) is 80.2 cm³/mol. The van der Waals surface area contributed by atoms with E-state index in [1.54, 1.807) is 23.9 Å². The highest BCUT2D eigenvalue weighted by molar-refractivity contribution is 7.16. The lowest BCUT2D eigenvalue weighted by atomic mass is 10.3. The van der Waals surface area contributed by atoms with Crippen LogP contribution in [0.2, 0.25) is 0 Å². The number of hydrogen-bond acceptors (Lipinski definition) is 6. The molecule has 0 aromatic carbocycles. The number of aromatic nitrogens is 4. The molecule has 3 aromatic heterocycles. The molecule has 21 heavy (non-hydrogen) atoms. The van der Waals surface area contributed by atoms with Gasteiger partial charge in [-0.2, -0.15) is 10.4 Å². The number of nitrogens with zero attached hydrogens (tertiary/aromatic N) is 6. The van der Waals surface area contributed by atoms with E-state index in [0.717, 1.165) is 35.5 Å². The Morgan fingerprint density at radius 2 is 2.33 bits per heavy atom. The van der Waals surface area contributed by atoms with Crippen LogP contribution in [0.3, 0.4) is 0 Å². The van der Waals surface area contributed by atoms with E-state index < -0.39 is 0 Å². The van der Waals surface area contributed by atoms with Crippen LogP contribution in [0.5, 0.6) is 0 Å². The van der Waals surface area contributed by atoms with Gasteiger partial charge in [0, 0.05) is 19.3 Å². The molecule has 0 radical (unpaired) electrons. The first-order chi connectivity index (χ1) is 10.3. The SMILES string of the molecule is N#Cc1cnn(C2CCN(c3ncnc4sccc34)C2)c1. The molecule has 7 heteroatoms. The normalized spacial score (nSPS) is 18.2. The lowest BCUT2D eigenvalue weighted by Gasteiger charge is -2.18. The third-order valence-corrected chi connectivity index (χ3v) is 4.63. The minimum atomic E-state index is 0.288. The number of thiophene rings is 1. The van der Waals surface area contributed by atoms with E-state index in [9.17, 15) is 0 Å². The Labute approximate surface area is 125 Å². The van der Waals surface area contributed by atoms with Gasteiger partial charge in [-0.15, -0.1) is 11.3 Å². The summed E-state index contributed by atoms with van der Waals surface area (Å²) in [5.41, 5.74) is 0.607. The number of fused-ring (bicyclic) bond motifs is 1. The average Bonchev–Trinajstić information content (AvgIpc) is 3.25. The molecule has 4 rings (SSSR count). The minimum Gasteiger partial charge on any atom is -0.354 e. The van der Waals surface area contributed by atoms with Gasteiger partial charge in [-0.1, -0.05) is 0 Å². The van der Waals surface area contributed by atoms with Gasteiger partial charge in [0.05, 0.1) is 23.2 Å². The van der Waals surface area contributed by atoms with Crippen molar-refractivity contribution in [1.29, 1.82) is 5.26 Å². The Balaban J connectivity index is 1.61. The van der Waals surface area contributed by atoms with E-state index in [4.69, 9.17) is 5.26 Å². The fourth-order valence-electron chi connectivity index (χ4n) is 2.77. The number of rotatable bonds is 2. The highest BCUT2D eigenvalue weighted by Gasteiger charge is 2.26. The first-order valence-corrected chi connectivity index (χ1v) is 7.60. The van der Waals surface area contributed by atoms with Gasteiger partial charge in [-0.3, -0.25) is 4.68 Å². The van der Waals surface area contributed by atoms with Crippen molar-refractivity contribution in [3.8, 4) is 6.07 Å². The van der Waals surface area contributed by atoms with Crippen molar-refractivity contribution in [1.82, 2.24) is 19.7 Å². The second kappa shape index (κ2) is 4.82. The number of hydrogen-bond donors (Lipinski definition) is 0. The van der Waals surface area contributed by atoms with Gasteiger partial charge in [0.2, 0.25) is 0 Å². The second-order valence-corrected chi connectivity index (χ2v) is 5.94. The summed E-state index contributed by atoms with van der Waals surface area (Å²) in [7, 11) is 0. The molecule has 6 nitrogen and oxygen atoms in total. The van der Waals surface area contributed by atoms with Crippen LogP contribution in [-0.2, 0) is 0 Å². The van der Waals surface area contributed by atoms with E-state index in [-0.39, 0.29) is 6.04 Å². The van der Waals surface area contributed by atoms with Crippen LogP contribution in [-0.4, -0.2) is 32.8 Å². The lowest BCUT2D eigenvalue weighted by molar-refractivity contribution is 0.494. The summed E-state index contributed by atoms with van der Waals surface area (Å²) < 4.78 is 1.89. The zero-order chi connectivity index (χ0) is 14.2. The zero-order valence-corrected chi connectivity index (χ0v) is 12.0. The third-order valence-electron chi connectivity index (χ3n) is 3.81. The molecule has 3 aromatic rings. The van der Waals surface area contributed by atoms with Gasteiger partial charge in [-0.25, -0.2) is 9.97 Å². The highest BCUT2D eigenvalue weighted by Crippen LogP contribution is 2.31. The molecule has 0 aliphatic carbocycles. The standard InChI is InChI=1S/C14H12N6S/c15-5-10-6-18-20(7-10)11-1-3-19(8-11)13-12-2-4-21-14(12)17-9-16-13/h2,4,6-7,9,11H,1,3,8H2. The van der Waals surface area contributed by atoms with Gasteiger partial charge in [0.1, 0.15) is 23.0 Å². The molecular formula is C14H12N6S. The molecule has 1 atom stereocenters. The topological polar surface area (TPSA) is 70.6 Å². The summed E-state index contributed by atoms with van der Waals surface area (Å²) in [6, 6.07) is 4.48. The molecule has 104 valence electrons. The van der Waals surface area contributed by atoms with Gasteiger partial charge in [0.25, 0.3) is 0 Å². The van der Waals surface area contributed by atoms with Crippen molar-refractivity contribution < 1.29 is 0 Å². The molecule has 0 saturated carbocycles. The Hall–Kier alpha value is -2.46. The van der Waals surface area contributed by atoms with Crippen LogP contribution >= 0.6 is 11.3 Å². The molecule has 0 amide bonds. The predicted octanol–water partition coefficient (Wildman–Crippen LogP) is 2.21. The van der Waals surface area contributed by atoms with Crippen LogP contribution in [0.15, 0.2) is 30.2 Å². The van der Waals surface area contributed by atoms with Crippen molar-refractivity contribution in [2.45, 2.75) is 12.5 Å². The van der Waals surface area contributed by atoms with Gasteiger partial charge >= 0.3 is 0 Å². The molecule has 0 bridgehead atoms. The summed E-state index contributed by atoms with van der Waals surface area (Å²) in [4.78, 5) is 12.0. The maximum absolute atomic E-state index is 8.89. The van der Waals surface area contributed by atoms with Crippen LogP contribution in [0.25, 0.3) is 10.2 Å². The number of nitriles is 1. The van der Waals surface area contributed by atoms with Crippen molar-refractivity contribution in [2.75, 3.05) is 18.0 Å². The number of anilines is 1. The first-order valence-electron chi connectivity index (χ1n) is 6.72. The smallest absolute Gasteiger partial charge is 0.140 e. The summed E-state index contributed by atoms with van der Waals surface area (Å²) in [5, 5.41) is 16.3. The van der Waals surface area contributed by atoms with Crippen molar-refractivity contribution in [3.63, 3.8) is 0 Å². The monoisotopic (exact) mass is 296 g/mol. The lowest BCUT2D eigenvalue weighted by Crippen LogP contribution is -2.22. The fraction of sp³-hybridized carbons (Fsp3) is 0.286. The van der Waals surface area contributed by atoms with Crippen molar-refractivity contribution in [3.05, 3.63) is 35.7 Å². The molecule has 0 N–H and O–H groups in total. The van der Waals surface area contributed by atoms with Crippen LogP contribution in [0.4, 0.5) is 5.82 Å². The largest absolute Gasteiger partial charge is 0.354 e. The Morgan fingerprint density at radius 3 is 3.19 bits per heavy atom.